The van der Waals surface area contributed by atoms with Crippen LogP contribution in [0.25, 0.3) is 0 Å². The van der Waals surface area contributed by atoms with E-state index in [0.29, 0.717) is 6.42 Å². The number of amides is 1. The zero-order valence-electron chi connectivity index (χ0n) is 10.1. The van der Waals surface area contributed by atoms with E-state index in [4.69, 9.17) is 0 Å². The van der Waals surface area contributed by atoms with E-state index in [9.17, 15) is 9.90 Å². The van der Waals surface area contributed by atoms with Gasteiger partial charge in [-0.15, -0.1) is 0 Å². The minimum absolute atomic E-state index is 0.103. The molecule has 0 saturated carbocycles. The van der Waals surface area contributed by atoms with Crippen LogP contribution < -0.4 is 0 Å². The van der Waals surface area contributed by atoms with E-state index < -0.39 is 0 Å². The Bertz CT molecular complexity index is 226. The number of aliphatic hydroxyl groups excluding tert-OH is 1. The van der Waals surface area contributed by atoms with Crippen LogP contribution >= 0.6 is 0 Å². The van der Waals surface area contributed by atoms with Crippen LogP contribution in [0.15, 0.2) is 0 Å². The maximum Gasteiger partial charge on any atom is 0.223 e. The average Bonchev–Trinajstić information content (AvgIpc) is 2.40. The van der Waals surface area contributed by atoms with Crippen LogP contribution in [0.5, 0.6) is 0 Å². The lowest BCUT2D eigenvalue weighted by atomic mass is 9.89. The third kappa shape index (κ3) is 2.51. The third-order valence-electron chi connectivity index (χ3n) is 3.62. The number of carbonyl (C=O) groups is 1. The van der Waals surface area contributed by atoms with Gasteiger partial charge in [0.25, 0.3) is 0 Å². The lowest BCUT2D eigenvalue weighted by molar-refractivity contribution is -0.130. The summed E-state index contributed by atoms with van der Waals surface area (Å²) in [5, 5.41) is 9.23. The van der Waals surface area contributed by atoms with Crippen molar-refractivity contribution in [3.8, 4) is 0 Å². The number of hydrogen-bond acceptors (Lipinski definition) is 2. The van der Waals surface area contributed by atoms with Crippen molar-refractivity contribution in [1.29, 1.82) is 0 Å². The first-order chi connectivity index (χ1) is 7.04. The van der Waals surface area contributed by atoms with Gasteiger partial charge in [-0.3, -0.25) is 4.79 Å². The molecule has 1 aliphatic heterocycles. The number of likely N-dealkylation sites (tertiary alicyclic amines) is 1. The van der Waals surface area contributed by atoms with Gasteiger partial charge in [0.05, 0.1) is 0 Å². The largest absolute Gasteiger partial charge is 0.396 e. The van der Waals surface area contributed by atoms with Crippen LogP contribution in [0.4, 0.5) is 0 Å². The van der Waals surface area contributed by atoms with Gasteiger partial charge < -0.3 is 10.0 Å². The second-order valence-corrected chi connectivity index (χ2v) is 4.99. The standard InChI is InChI=1S/C12H23NO2/c1-4-5-6-7-13-11(15)8-10(9-14)12(13,2)3/h10,14H,4-9H2,1-3H3. The molecule has 0 spiro atoms. The van der Waals surface area contributed by atoms with Crippen LogP contribution in [0, 0.1) is 5.92 Å². The van der Waals surface area contributed by atoms with E-state index in [0.717, 1.165) is 13.0 Å². The van der Waals surface area contributed by atoms with Gasteiger partial charge >= 0.3 is 0 Å². The molecule has 15 heavy (non-hydrogen) atoms. The number of aliphatic hydroxyl groups is 1. The summed E-state index contributed by atoms with van der Waals surface area (Å²) in [6.07, 6.45) is 3.93. The quantitative estimate of drug-likeness (QED) is 0.707. The predicted molar refractivity (Wildman–Crippen MR) is 60.5 cm³/mol. The minimum atomic E-state index is -0.167. The first-order valence-electron chi connectivity index (χ1n) is 5.95. The number of hydrogen-bond donors (Lipinski definition) is 1. The third-order valence-corrected chi connectivity index (χ3v) is 3.62. The Kier molecular flexibility index (Phi) is 4.14. The van der Waals surface area contributed by atoms with Crippen molar-refractivity contribution in [3.63, 3.8) is 0 Å². The molecule has 3 heteroatoms. The fourth-order valence-corrected chi connectivity index (χ4v) is 2.33. The molecular formula is C12H23NO2. The topological polar surface area (TPSA) is 40.5 Å². The molecule has 1 heterocycles. The summed E-state index contributed by atoms with van der Waals surface area (Å²) in [6.45, 7) is 7.24. The van der Waals surface area contributed by atoms with Crippen LogP contribution in [-0.2, 0) is 4.79 Å². The summed E-state index contributed by atoms with van der Waals surface area (Å²) < 4.78 is 0. The van der Waals surface area contributed by atoms with Gasteiger partial charge in [0.1, 0.15) is 0 Å². The molecule has 1 N–H and O–H groups in total. The normalized spacial score (nSPS) is 24.9. The highest BCUT2D eigenvalue weighted by molar-refractivity contribution is 5.80. The smallest absolute Gasteiger partial charge is 0.223 e. The summed E-state index contributed by atoms with van der Waals surface area (Å²) in [4.78, 5) is 13.7. The lowest BCUT2D eigenvalue weighted by Gasteiger charge is -2.35. The number of rotatable bonds is 5. The molecular weight excluding hydrogens is 190 g/mol. The molecule has 1 rings (SSSR count). The molecule has 1 unspecified atom stereocenters. The Morgan fingerprint density at radius 3 is 2.60 bits per heavy atom. The Morgan fingerprint density at radius 2 is 2.13 bits per heavy atom. The highest BCUT2D eigenvalue weighted by Gasteiger charge is 2.45. The first kappa shape index (κ1) is 12.5. The first-order valence-corrected chi connectivity index (χ1v) is 5.95. The van der Waals surface area contributed by atoms with Gasteiger partial charge in [-0.2, -0.15) is 0 Å². The number of nitrogens with zero attached hydrogens (tertiary/aromatic N) is 1. The van der Waals surface area contributed by atoms with E-state index in [1.54, 1.807) is 0 Å². The summed E-state index contributed by atoms with van der Waals surface area (Å²) in [7, 11) is 0. The van der Waals surface area contributed by atoms with Gasteiger partial charge in [0.2, 0.25) is 5.91 Å². The molecule has 0 bridgehead atoms. The van der Waals surface area contributed by atoms with Crippen LogP contribution in [-0.4, -0.2) is 34.6 Å². The van der Waals surface area contributed by atoms with Crippen molar-refractivity contribution >= 4 is 5.91 Å². The van der Waals surface area contributed by atoms with Crippen molar-refractivity contribution in [2.24, 2.45) is 5.92 Å². The Labute approximate surface area is 92.5 Å². The molecule has 0 aliphatic carbocycles. The fraction of sp³-hybridized carbons (Fsp3) is 0.917. The molecule has 3 nitrogen and oxygen atoms in total. The zero-order valence-corrected chi connectivity index (χ0v) is 10.1. The molecule has 88 valence electrons. The van der Waals surface area contributed by atoms with Crippen LogP contribution in [0.1, 0.15) is 46.5 Å². The van der Waals surface area contributed by atoms with Crippen molar-refractivity contribution < 1.29 is 9.90 Å². The summed E-state index contributed by atoms with van der Waals surface area (Å²) in [5.41, 5.74) is -0.167. The minimum Gasteiger partial charge on any atom is -0.396 e. The van der Waals surface area contributed by atoms with Crippen molar-refractivity contribution in [2.75, 3.05) is 13.2 Å². The van der Waals surface area contributed by atoms with Crippen molar-refractivity contribution in [2.45, 2.75) is 52.0 Å². The van der Waals surface area contributed by atoms with Gasteiger partial charge in [-0.05, 0) is 20.3 Å². The number of carbonyl (C=O) groups excluding carboxylic acids is 1. The molecule has 0 aromatic rings. The molecule has 1 saturated heterocycles. The molecule has 1 atom stereocenters. The molecule has 1 fully saturated rings. The fourth-order valence-electron chi connectivity index (χ4n) is 2.33. The van der Waals surface area contributed by atoms with Crippen LogP contribution in [0.2, 0.25) is 0 Å². The Morgan fingerprint density at radius 1 is 1.47 bits per heavy atom. The highest BCUT2D eigenvalue weighted by Crippen LogP contribution is 2.35. The zero-order chi connectivity index (χ0) is 11.5. The summed E-state index contributed by atoms with van der Waals surface area (Å²) in [5.74, 6) is 0.307. The van der Waals surface area contributed by atoms with Gasteiger partial charge in [0, 0.05) is 31.0 Å². The Hall–Kier alpha value is -0.570. The van der Waals surface area contributed by atoms with Crippen LogP contribution in [0.3, 0.4) is 0 Å². The monoisotopic (exact) mass is 213 g/mol. The van der Waals surface area contributed by atoms with E-state index >= 15 is 0 Å². The molecule has 0 radical (unpaired) electrons. The van der Waals surface area contributed by atoms with Gasteiger partial charge in [0.15, 0.2) is 0 Å². The summed E-state index contributed by atoms with van der Waals surface area (Å²) in [6, 6.07) is 0. The maximum atomic E-state index is 11.8. The SMILES string of the molecule is CCCCCN1C(=O)CC(CO)C1(C)C. The van der Waals surface area contributed by atoms with E-state index in [-0.39, 0.29) is 24.0 Å². The average molecular weight is 213 g/mol. The maximum absolute atomic E-state index is 11.8. The predicted octanol–water partition coefficient (Wildman–Crippen LogP) is 1.80. The molecule has 0 aromatic heterocycles. The Balaban J connectivity index is 2.58. The molecule has 1 amide bonds. The second-order valence-electron chi connectivity index (χ2n) is 4.99. The molecule has 1 aliphatic rings. The lowest BCUT2D eigenvalue weighted by Crippen LogP contribution is -2.45. The van der Waals surface area contributed by atoms with Gasteiger partial charge in [-0.1, -0.05) is 19.8 Å². The molecule has 0 aromatic carbocycles. The van der Waals surface area contributed by atoms with E-state index in [1.165, 1.54) is 12.8 Å². The highest BCUT2D eigenvalue weighted by atomic mass is 16.3. The second kappa shape index (κ2) is 4.97. The van der Waals surface area contributed by atoms with Gasteiger partial charge in [-0.25, -0.2) is 0 Å². The van der Waals surface area contributed by atoms with Crippen molar-refractivity contribution in [3.05, 3.63) is 0 Å². The van der Waals surface area contributed by atoms with Crippen molar-refractivity contribution in [1.82, 2.24) is 4.90 Å². The van der Waals surface area contributed by atoms with E-state index in [2.05, 4.69) is 20.8 Å². The van der Waals surface area contributed by atoms with E-state index in [1.807, 2.05) is 4.90 Å². The number of unbranched alkanes of at least 4 members (excludes halogenated alkanes) is 2. The summed E-state index contributed by atoms with van der Waals surface area (Å²) >= 11 is 0.